The molecule has 1 heterocycles. The van der Waals surface area contributed by atoms with Gasteiger partial charge in [0.15, 0.2) is 3.92 Å². The molecule has 0 aliphatic rings. The Morgan fingerprint density at radius 1 is 1.31 bits per heavy atom. The highest BCUT2D eigenvalue weighted by Gasteiger charge is 2.05. The van der Waals surface area contributed by atoms with Crippen molar-refractivity contribution >= 4 is 27.3 Å². The largest absolute Gasteiger partial charge is 0.430 e. The van der Waals surface area contributed by atoms with Crippen molar-refractivity contribution in [3.05, 3.63) is 33.7 Å². The minimum absolute atomic E-state index is 0.490. The maximum Gasteiger partial charge on any atom is 0.300 e. The first-order valence-electron chi connectivity index (χ1n) is 4.92. The Hall–Kier alpha value is -0.940. The summed E-state index contributed by atoms with van der Waals surface area (Å²) in [7, 11) is 0. The molecule has 0 saturated heterocycles. The number of benzene rings is 1. The molecule has 0 amide bonds. The van der Waals surface area contributed by atoms with Crippen molar-refractivity contribution < 1.29 is 4.74 Å². The molecule has 0 aliphatic heterocycles. The van der Waals surface area contributed by atoms with E-state index in [9.17, 15) is 0 Å². The van der Waals surface area contributed by atoms with Gasteiger partial charge in [0.05, 0.1) is 0 Å². The predicted molar refractivity (Wildman–Crippen MR) is 68.2 cm³/mol. The maximum atomic E-state index is 5.60. The molecule has 2 aromatic rings. The number of ether oxygens (including phenoxy) is 1. The number of rotatable bonds is 3. The van der Waals surface area contributed by atoms with Crippen LogP contribution in [0.2, 0.25) is 0 Å². The Morgan fingerprint density at radius 2 is 2.12 bits per heavy atom. The summed E-state index contributed by atoms with van der Waals surface area (Å²) in [6, 6.07) is 8.02. The quantitative estimate of drug-likeness (QED) is 0.851. The van der Waals surface area contributed by atoms with Gasteiger partial charge in [-0.05, 0) is 50.9 Å². The second kappa shape index (κ2) is 4.93. The smallest absolute Gasteiger partial charge is 0.300 e. The SMILES string of the molecule is CC(C)c1cccc(Oc2nnc(Br)s2)c1. The number of hydrogen-bond acceptors (Lipinski definition) is 4. The van der Waals surface area contributed by atoms with E-state index in [2.05, 4.69) is 46.0 Å². The van der Waals surface area contributed by atoms with Gasteiger partial charge in [0.2, 0.25) is 0 Å². The van der Waals surface area contributed by atoms with Gasteiger partial charge < -0.3 is 4.74 Å². The van der Waals surface area contributed by atoms with Gasteiger partial charge in [0, 0.05) is 0 Å². The van der Waals surface area contributed by atoms with Crippen molar-refractivity contribution in [2.75, 3.05) is 0 Å². The van der Waals surface area contributed by atoms with E-state index >= 15 is 0 Å². The lowest BCUT2D eigenvalue weighted by Gasteiger charge is -2.07. The van der Waals surface area contributed by atoms with Gasteiger partial charge in [-0.15, -0.1) is 5.10 Å². The molecule has 1 aromatic heterocycles. The van der Waals surface area contributed by atoms with E-state index in [4.69, 9.17) is 4.74 Å². The van der Waals surface area contributed by atoms with Gasteiger partial charge in [0.25, 0.3) is 5.19 Å². The maximum absolute atomic E-state index is 5.60. The molecule has 2 rings (SSSR count). The topological polar surface area (TPSA) is 35.0 Å². The highest BCUT2D eigenvalue weighted by molar-refractivity contribution is 9.11. The van der Waals surface area contributed by atoms with E-state index in [1.165, 1.54) is 16.9 Å². The van der Waals surface area contributed by atoms with Crippen molar-refractivity contribution in [2.45, 2.75) is 19.8 Å². The lowest BCUT2D eigenvalue weighted by atomic mass is 10.0. The number of halogens is 1. The summed E-state index contributed by atoms with van der Waals surface area (Å²) >= 11 is 4.62. The molecule has 16 heavy (non-hydrogen) atoms. The fraction of sp³-hybridized carbons (Fsp3) is 0.273. The van der Waals surface area contributed by atoms with Crippen LogP contribution in [0.25, 0.3) is 0 Å². The van der Waals surface area contributed by atoms with E-state index in [0.29, 0.717) is 11.1 Å². The zero-order valence-electron chi connectivity index (χ0n) is 8.98. The molecule has 0 unspecified atom stereocenters. The Bertz CT molecular complexity index is 484. The van der Waals surface area contributed by atoms with Gasteiger partial charge >= 0.3 is 0 Å². The van der Waals surface area contributed by atoms with Crippen molar-refractivity contribution in [1.29, 1.82) is 0 Å². The summed E-state index contributed by atoms with van der Waals surface area (Å²) in [6.45, 7) is 4.31. The van der Waals surface area contributed by atoms with Crippen LogP contribution in [-0.4, -0.2) is 10.2 Å². The van der Waals surface area contributed by atoms with Crippen LogP contribution in [0.3, 0.4) is 0 Å². The fourth-order valence-corrected chi connectivity index (χ4v) is 2.21. The van der Waals surface area contributed by atoms with Crippen molar-refractivity contribution in [3.8, 4) is 10.9 Å². The summed E-state index contributed by atoms with van der Waals surface area (Å²) in [4.78, 5) is 0. The van der Waals surface area contributed by atoms with Crippen LogP contribution in [0.4, 0.5) is 0 Å². The lowest BCUT2D eigenvalue weighted by molar-refractivity contribution is 0.472. The molecule has 0 radical (unpaired) electrons. The zero-order chi connectivity index (χ0) is 11.5. The van der Waals surface area contributed by atoms with Gasteiger partial charge in [-0.3, -0.25) is 0 Å². The van der Waals surface area contributed by atoms with Crippen molar-refractivity contribution in [1.82, 2.24) is 10.2 Å². The van der Waals surface area contributed by atoms with Crippen molar-refractivity contribution in [2.24, 2.45) is 0 Å². The molecule has 0 bridgehead atoms. The summed E-state index contributed by atoms with van der Waals surface area (Å²) in [6.07, 6.45) is 0. The highest BCUT2D eigenvalue weighted by Crippen LogP contribution is 2.29. The first-order valence-corrected chi connectivity index (χ1v) is 6.53. The molecule has 0 atom stereocenters. The molecule has 5 heteroatoms. The number of aromatic nitrogens is 2. The lowest BCUT2D eigenvalue weighted by Crippen LogP contribution is -1.89. The third-order valence-corrected chi connectivity index (χ3v) is 3.35. The Labute approximate surface area is 107 Å². The first kappa shape index (κ1) is 11.5. The second-order valence-corrected chi connectivity index (χ2v) is 5.87. The normalized spacial score (nSPS) is 10.8. The minimum Gasteiger partial charge on any atom is -0.430 e. The second-order valence-electron chi connectivity index (χ2n) is 3.65. The summed E-state index contributed by atoms with van der Waals surface area (Å²) in [5, 5.41) is 8.26. The third kappa shape index (κ3) is 2.80. The highest BCUT2D eigenvalue weighted by atomic mass is 79.9. The van der Waals surface area contributed by atoms with E-state index < -0.39 is 0 Å². The minimum atomic E-state index is 0.490. The molecule has 0 N–H and O–H groups in total. The fourth-order valence-electron chi connectivity index (χ4n) is 1.27. The molecule has 0 spiro atoms. The molecule has 3 nitrogen and oxygen atoms in total. The molecule has 1 aromatic carbocycles. The molecule has 0 fully saturated rings. The van der Waals surface area contributed by atoms with Gasteiger partial charge in [-0.2, -0.15) is 0 Å². The summed E-state index contributed by atoms with van der Waals surface area (Å²) < 4.78 is 6.33. The van der Waals surface area contributed by atoms with Crippen LogP contribution in [0.15, 0.2) is 28.2 Å². The molecular weight excluding hydrogens is 288 g/mol. The number of nitrogens with zero attached hydrogens (tertiary/aromatic N) is 2. The Kier molecular flexibility index (Phi) is 3.56. The summed E-state index contributed by atoms with van der Waals surface area (Å²) in [5.74, 6) is 1.29. The van der Waals surface area contributed by atoms with Crippen molar-refractivity contribution in [3.63, 3.8) is 0 Å². The number of hydrogen-bond donors (Lipinski definition) is 0. The zero-order valence-corrected chi connectivity index (χ0v) is 11.4. The average molecular weight is 299 g/mol. The Balaban J connectivity index is 2.18. The van der Waals surface area contributed by atoms with Gasteiger partial charge in [0.1, 0.15) is 5.75 Å². The van der Waals surface area contributed by atoms with E-state index in [0.717, 1.165) is 9.67 Å². The standard InChI is InChI=1S/C11H11BrN2OS/c1-7(2)8-4-3-5-9(6-8)15-11-14-13-10(12)16-11/h3-7H,1-2H3. The monoisotopic (exact) mass is 298 g/mol. The van der Waals surface area contributed by atoms with Crippen LogP contribution in [0.5, 0.6) is 10.9 Å². The molecule has 0 aliphatic carbocycles. The van der Waals surface area contributed by atoms with Gasteiger partial charge in [-0.1, -0.05) is 31.1 Å². The Morgan fingerprint density at radius 3 is 2.75 bits per heavy atom. The van der Waals surface area contributed by atoms with Crippen LogP contribution in [0.1, 0.15) is 25.3 Å². The average Bonchev–Trinajstić information content (AvgIpc) is 2.64. The molecular formula is C11H11BrN2OS. The van der Waals surface area contributed by atoms with E-state index in [-0.39, 0.29) is 0 Å². The van der Waals surface area contributed by atoms with Gasteiger partial charge in [-0.25, -0.2) is 0 Å². The summed E-state index contributed by atoms with van der Waals surface area (Å²) in [5.41, 5.74) is 1.25. The first-order chi connectivity index (χ1) is 7.65. The van der Waals surface area contributed by atoms with Crippen LogP contribution in [-0.2, 0) is 0 Å². The predicted octanol–water partition coefficient (Wildman–Crippen LogP) is 4.22. The van der Waals surface area contributed by atoms with Crippen LogP contribution < -0.4 is 4.74 Å². The van der Waals surface area contributed by atoms with Crippen LogP contribution in [0, 0.1) is 0 Å². The molecule has 0 saturated carbocycles. The van der Waals surface area contributed by atoms with E-state index in [1.807, 2.05) is 18.2 Å². The van der Waals surface area contributed by atoms with E-state index in [1.54, 1.807) is 0 Å². The molecule has 84 valence electrons. The third-order valence-electron chi connectivity index (χ3n) is 2.11. The van der Waals surface area contributed by atoms with Crippen LogP contribution >= 0.6 is 27.3 Å².